The molecular formula is C16H19N4O3S. The Balaban J connectivity index is 2.07. The summed E-state index contributed by atoms with van der Waals surface area (Å²) in [6.07, 6.45) is 2.43. The molecule has 2 aromatic rings. The van der Waals surface area contributed by atoms with Crippen LogP contribution in [-0.2, 0) is 14.8 Å². The van der Waals surface area contributed by atoms with Crippen molar-refractivity contribution in [2.45, 2.75) is 23.8 Å². The van der Waals surface area contributed by atoms with Gasteiger partial charge in [-0.25, -0.2) is 13.1 Å². The first-order valence-corrected chi connectivity index (χ1v) is 8.87. The van der Waals surface area contributed by atoms with E-state index in [4.69, 9.17) is 11.1 Å². The Labute approximate surface area is 140 Å². The molecule has 24 heavy (non-hydrogen) atoms. The van der Waals surface area contributed by atoms with Crippen LogP contribution in [0.1, 0.15) is 12.8 Å². The SMILES string of the molecule is N=C(N)NCCC[C@@H]([C]=O)NS(=O)(=O)c1ccc2ccccc2c1. The van der Waals surface area contributed by atoms with Crippen LogP contribution in [0, 0.1) is 5.41 Å². The Hall–Kier alpha value is -2.45. The zero-order chi connectivity index (χ0) is 17.6. The largest absolute Gasteiger partial charge is 0.370 e. The van der Waals surface area contributed by atoms with Crippen LogP contribution in [0.3, 0.4) is 0 Å². The standard InChI is InChI=1S/C16H19N4O3S/c17-16(18)19-9-3-6-14(11-21)20-24(22,23)15-8-7-12-4-1-2-5-13(12)10-15/h1-2,4-5,7-8,10,14,20H,3,6,9H2,(H4,17,18,19)/t14-/m0/s1. The van der Waals surface area contributed by atoms with Gasteiger partial charge in [-0.1, -0.05) is 30.3 Å². The minimum atomic E-state index is -3.82. The summed E-state index contributed by atoms with van der Waals surface area (Å²) in [5.74, 6) is -0.168. The van der Waals surface area contributed by atoms with Crippen molar-refractivity contribution in [2.24, 2.45) is 5.73 Å². The number of sulfonamides is 1. The van der Waals surface area contributed by atoms with Crippen LogP contribution in [0.2, 0.25) is 0 Å². The van der Waals surface area contributed by atoms with Crippen LogP contribution in [-0.4, -0.2) is 33.3 Å². The Morgan fingerprint density at radius 1 is 1.21 bits per heavy atom. The van der Waals surface area contributed by atoms with Crippen LogP contribution in [0.15, 0.2) is 47.4 Å². The lowest BCUT2D eigenvalue weighted by atomic mass is 10.1. The molecule has 0 aromatic heterocycles. The number of hydrogen-bond acceptors (Lipinski definition) is 4. The van der Waals surface area contributed by atoms with Crippen molar-refractivity contribution < 1.29 is 13.2 Å². The molecular weight excluding hydrogens is 328 g/mol. The molecule has 0 unspecified atom stereocenters. The topological polar surface area (TPSA) is 125 Å². The smallest absolute Gasteiger partial charge is 0.241 e. The van der Waals surface area contributed by atoms with E-state index in [-0.39, 0.29) is 17.3 Å². The molecule has 0 saturated carbocycles. The molecule has 127 valence electrons. The van der Waals surface area contributed by atoms with E-state index >= 15 is 0 Å². The van der Waals surface area contributed by atoms with Gasteiger partial charge in [0.1, 0.15) is 0 Å². The molecule has 2 aromatic carbocycles. The molecule has 0 aliphatic rings. The van der Waals surface area contributed by atoms with Crippen LogP contribution in [0.4, 0.5) is 0 Å². The summed E-state index contributed by atoms with van der Waals surface area (Å²) in [5.41, 5.74) is 5.15. The third-order valence-electron chi connectivity index (χ3n) is 3.46. The zero-order valence-corrected chi connectivity index (χ0v) is 13.8. The minimum absolute atomic E-state index is 0.100. The van der Waals surface area contributed by atoms with Crippen LogP contribution in [0.25, 0.3) is 10.8 Å². The third-order valence-corrected chi connectivity index (χ3v) is 4.93. The van der Waals surface area contributed by atoms with Crippen molar-refractivity contribution in [1.29, 1.82) is 5.41 Å². The summed E-state index contributed by atoms with van der Waals surface area (Å²) in [7, 11) is -3.82. The van der Waals surface area contributed by atoms with Gasteiger partial charge in [-0.05, 0) is 35.7 Å². The third kappa shape index (κ3) is 4.77. The second kappa shape index (κ2) is 7.89. The molecule has 5 N–H and O–H groups in total. The number of fused-ring (bicyclic) bond motifs is 1. The molecule has 1 atom stereocenters. The van der Waals surface area contributed by atoms with Gasteiger partial charge < -0.3 is 11.1 Å². The summed E-state index contributed by atoms with van der Waals surface area (Å²) in [6, 6.07) is 11.3. The summed E-state index contributed by atoms with van der Waals surface area (Å²) >= 11 is 0. The van der Waals surface area contributed by atoms with E-state index < -0.39 is 16.1 Å². The van der Waals surface area contributed by atoms with Gasteiger partial charge in [-0.3, -0.25) is 10.2 Å². The first kappa shape index (κ1) is 17.9. The highest BCUT2D eigenvalue weighted by Gasteiger charge is 2.20. The highest BCUT2D eigenvalue weighted by Crippen LogP contribution is 2.19. The highest BCUT2D eigenvalue weighted by atomic mass is 32.2. The molecule has 7 nitrogen and oxygen atoms in total. The number of carbonyl (C=O) groups excluding carboxylic acids is 1. The van der Waals surface area contributed by atoms with E-state index in [2.05, 4.69) is 10.0 Å². The number of nitrogens with one attached hydrogen (secondary N) is 3. The molecule has 8 heteroatoms. The average molecular weight is 347 g/mol. The lowest BCUT2D eigenvalue weighted by molar-refractivity contribution is 0.512. The second-order valence-electron chi connectivity index (χ2n) is 5.28. The van der Waals surface area contributed by atoms with Crippen molar-refractivity contribution in [2.75, 3.05) is 6.54 Å². The lowest BCUT2D eigenvalue weighted by Crippen LogP contribution is -2.37. The van der Waals surface area contributed by atoms with Gasteiger partial charge in [0.25, 0.3) is 0 Å². The average Bonchev–Trinajstić information content (AvgIpc) is 2.56. The second-order valence-corrected chi connectivity index (χ2v) is 7.00. The Bertz CT molecular complexity index is 836. The molecule has 0 aliphatic carbocycles. The van der Waals surface area contributed by atoms with Gasteiger partial charge in [-0.2, -0.15) is 0 Å². The molecule has 0 amide bonds. The van der Waals surface area contributed by atoms with E-state index in [0.717, 1.165) is 10.8 Å². The zero-order valence-electron chi connectivity index (χ0n) is 13.0. The summed E-state index contributed by atoms with van der Waals surface area (Å²) < 4.78 is 27.2. The van der Waals surface area contributed by atoms with Crippen molar-refractivity contribution in [1.82, 2.24) is 10.0 Å². The fourth-order valence-corrected chi connectivity index (χ4v) is 3.47. The molecule has 0 bridgehead atoms. The van der Waals surface area contributed by atoms with Crippen LogP contribution >= 0.6 is 0 Å². The number of guanidine groups is 1. The number of rotatable bonds is 8. The fraction of sp³-hybridized carbons (Fsp3) is 0.250. The lowest BCUT2D eigenvalue weighted by Gasteiger charge is -2.13. The predicted molar refractivity (Wildman–Crippen MR) is 92.9 cm³/mol. The molecule has 0 fully saturated rings. The molecule has 0 spiro atoms. The monoisotopic (exact) mass is 347 g/mol. The Morgan fingerprint density at radius 3 is 2.58 bits per heavy atom. The van der Waals surface area contributed by atoms with Gasteiger partial charge in [-0.15, -0.1) is 0 Å². The molecule has 1 radical (unpaired) electrons. The van der Waals surface area contributed by atoms with Crippen molar-refractivity contribution in [3.05, 3.63) is 42.5 Å². The van der Waals surface area contributed by atoms with Crippen molar-refractivity contribution >= 4 is 33.0 Å². The summed E-state index contributed by atoms with van der Waals surface area (Å²) in [6.45, 7) is 0.380. The summed E-state index contributed by atoms with van der Waals surface area (Å²) in [4.78, 5) is 11.1. The van der Waals surface area contributed by atoms with E-state index in [0.29, 0.717) is 13.0 Å². The first-order valence-electron chi connectivity index (χ1n) is 7.39. The molecule has 0 saturated heterocycles. The van der Waals surface area contributed by atoms with E-state index in [1.54, 1.807) is 18.4 Å². The van der Waals surface area contributed by atoms with Crippen LogP contribution < -0.4 is 15.8 Å². The normalized spacial score (nSPS) is 12.7. The van der Waals surface area contributed by atoms with E-state index in [1.807, 2.05) is 24.3 Å². The molecule has 0 aliphatic heterocycles. The van der Waals surface area contributed by atoms with Crippen molar-refractivity contribution in [3.63, 3.8) is 0 Å². The van der Waals surface area contributed by atoms with Gasteiger partial charge >= 0.3 is 0 Å². The predicted octanol–water partition coefficient (Wildman–Crippen LogP) is 0.860. The highest BCUT2D eigenvalue weighted by molar-refractivity contribution is 7.89. The minimum Gasteiger partial charge on any atom is -0.370 e. The van der Waals surface area contributed by atoms with E-state index in [9.17, 15) is 13.2 Å². The van der Waals surface area contributed by atoms with Gasteiger partial charge in [0.2, 0.25) is 16.3 Å². The van der Waals surface area contributed by atoms with Crippen LogP contribution in [0.5, 0.6) is 0 Å². The maximum Gasteiger partial charge on any atom is 0.241 e. The van der Waals surface area contributed by atoms with Crippen molar-refractivity contribution in [3.8, 4) is 0 Å². The number of nitrogens with two attached hydrogens (primary N) is 1. The van der Waals surface area contributed by atoms with Gasteiger partial charge in [0, 0.05) is 6.54 Å². The quantitative estimate of drug-likeness (QED) is 0.320. The summed E-state index contributed by atoms with van der Waals surface area (Å²) in [5, 5.41) is 11.4. The fourth-order valence-electron chi connectivity index (χ4n) is 2.26. The molecule has 0 heterocycles. The Kier molecular flexibility index (Phi) is 5.88. The van der Waals surface area contributed by atoms with Gasteiger partial charge in [0.05, 0.1) is 10.9 Å². The molecule has 2 rings (SSSR count). The Morgan fingerprint density at radius 2 is 1.92 bits per heavy atom. The van der Waals surface area contributed by atoms with Gasteiger partial charge in [0.15, 0.2) is 5.96 Å². The number of hydrogen-bond donors (Lipinski definition) is 4. The first-order chi connectivity index (χ1) is 11.4. The number of benzene rings is 2. The van der Waals surface area contributed by atoms with E-state index in [1.165, 1.54) is 6.07 Å². The maximum atomic E-state index is 12.4. The maximum absolute atomic E-state index is 12.4.